The van der Waals surface area contributed by atoms with Crippen molar-refractivity contribution in [3.05, 3.63) is 0 Å². The Labute approximate surface area is 118 Å². The third-order valence-electron chi connectivity index (χ3n) is 4.27. The Morgan fingerprint density at radius 1 is 1.26 bits per heavy atom. The van der Waals surface area contributed by atoms with Crippen LogP contribution >= 0.6 is 0 Å². The van der Waals surface area contributed by atoms with Crippen LogP contribution in [0.25, 0.3) is 0 Å². The molecule has 0 aliphatic heterocycles. The number of hydrogen-bond acceptors (Lipinski definition) is 3. The van der Waals surface area contributed by atoms with Crippen LogP contribution in [-0.2, 0) is 4.79 Å². The van der Waals surface area contributed by atoms with Gasteiger partial charge in [0.25, 0.3) is 0 Å². The van der Waals surface area contributed by atoms with E-state index in [4.69, 9.17) is 5.73 Å². The molecule has 0 bridgehead atoms. The predicted molar refractivity (Wildman–Crippen MR) is 80.0 cm³/mol. The van der Waals surface area contributed by atoms with Crippen LogP contribution in [0, 0.1) is 0 Å². The fourth-order valence-corrected chi connectivity index (χ4v) is 2.72. The number of carbonyl (C=O) groups excluding carboxylic acids is 1. The highest BCUT2D eigenvalue weighted by Gasteiger charge is 2.26. The minimum absolute atomic E-state index is 0.235. The van der Waals surface area contributed by atoms with Crippen LogP contribution in [-0.4, -0.2) is 54.0 Å². The molecule has 1 fully saturated rings. The lowest BCUT2D eigenvalue weighted by Crippen LogP contribution is -2.47. The molecule has 0 heterocycles. The number of likely N-dealkylation sites (N-methyl/N-ethyl adjacent to an activating group) is 1. The van der Waals surface area contributed by atoms with Crippen LogP contribution in [0.2, 0.25) is 0 Å². The second-order valence-electron chi connectivity index (χ2n) is 6.14. The second-order valence-corrected chi connectivity index (χ2v) is 6.14. The Kier molecular flexibility index (Phi) is 6.80. The average molecular weight is 269 g/mol. The summed E-state index contributed by atoms with van der Waals surface area (Å²) < 4.78 is 0. The van der Waals surface area contributed by atoms with E-state index in [9.17, 15) is 4.79 Å². The quantitative estimate of drug-likeness (QED) is 0.800. The average Bonchev–Trinajstić information content (AvgIpc) is 2.38. The largest absolute Gasteiger partial charge is 0.342 e. The molecule has 4 heteroatoms. The molecular formula is C15H31N3O. The minimum atomic E-state index is 0.235. The Hall–Kier alpha value is -0.610. The van der Waals surface area contributed by atoms with Gasteiger partial charge >= 0.3 is 0 Å². The fraction of sp³-hybridized carbons (Fsp3) is 0.933. The van der Waals surface area contributed by atoms with Crippen molar-refractivity contribution in [2.45, 2.75) is 71.0 Å². The first-order valence-electron chi connectivity index (χ1n) is 7.71. The van der Waals surface area contributed by atoms with Gasteiger partial charge in [-0.05, 0) is 52.5 Å². The summed E-state index contributed by atoms with van der Waals surface area (Å²) in [7, 11) is 1.90. The van der Waals surface area contributed by atoms with Crippen molar-refractivity contribution >= 4 is 5.91 Å². The molecular weight excluding hydrogens is 238 g/mol. The van der Waals surface area contributed by atoms with Crippen LogP contribution in [0.5, 0.6) is 0 Å². The van der Waals surface area contributed by atoms with Gasteiger partial charge in [-0.15, -0.1) is 0 Å². The molecule has 0 aromatic rings. The standard InChI is InChI=1S/C15H31N3O/c1-5-10-18(11-15(19)17(4)12(2)3)14-8-6-13(16)7-9-14/h12-14H,5-11,16H2,1-4H3. The number of carbonyl (C=O) groups is 1. The third-order valence-corrected chi connectivity index (χ3v) is 4.27. The molecule has 112 valence electrons. The van der Waals surface area contributed by atoms with E-state index in [0.717, 1.165) is 38.6 Å². The summed E-state index contributed by atoms with van der Waals surface area (Å²) >= 11 is 0. The highest BCUT2D eigenvalue weighted by atomic mass is 16.2. The highest BCUT2D eigenvalue weighted by Crippen LogP contribution is 2.22. The first kappa shape index (κ1) is 16.4. The second kappa shape index (κ2) is 7.85. The lowest BCUT2D eigenvalue weighted by Gasteiger charge is -2.36. The Morgan fingerprint density at radius 2 is 1.84 bits per heavy atom. The van der Waals surface area contributed by atoms with E-state index >= 15 is 0 Å². The van der Waals surface area contributed by atoms with Gasteiger partial charge < -0.3 is 10.6 Å². The van der Waals surface area contributed by atoms with E-state index in [0.29, 0.717) is 18.6 Å². The molecule has 0 spiro atoms. The van der Waals surface area contributed by atoms with Crippen molar-refractivity contribution in [1.82, 2.24) is 9.80 Å². The summed E-state index contributed by atoms with van der Waals surface area (Å²) in [5, 5.41) is 0. The summed E-state index contributed by atoms with van der Waals surface area (Å²) in [6.45, 7) is 7.86. The van der Waals surface area contributed by atoms with Crippen LogP contribution in [0.1, 0.15) is 52.9 Å². The molecule has 1 amide bonds. The zero-order valence-electron chi connectivity index (χ0n) is 13.1. The van der Waals surface area contributed by atoms with E-state index in [2.05, 4.69) is 25.7 Å². The number of rotatable bonds is 6. The number of hydrogen-bond donors (Lipinski definition) is 1. The number of nitrogens with zero attached hydrogens (tertiary/aromatic N) is 2. The van der Waals surface area contributed by atoms with Gasteiger partial charge in [0.2, 0.25) is 5.91 Å². The fourth-order valence-electron chi connectivity index (χ4n) is 2.72. The molecule has 19 heavy (non-hydrogen) atoms. The van der Waals surface area contributed by atoms with Crippen molar-refractivity contribution in [3.8, 4) is 0 Å². The Balaban J connectivity index is 2.54. The van der Waals surface area contributed by atoms with Crippen molar-refractivity contribution in [3.63, 3.8) is 0 Å². The van der Waals surface area contributed by atoms with Crippen molar-refractivity contribution in [2.75, 3.05) is 20.1 Å². The molecule has 0 aromatic carbocycles. The summed E-state index contributed by atoms with van der Waals surface area (Å²) in [6, 6.07) is 1.19. The van der Waals surface area contributed by atoms with Crippen molar-refractivity contribution in [2.24, 2.45) is 5.73 Å². The highest BCUT2D eigenvalue weighted by molar-refractivity contribution is 5.78. The monoisotopic (exact) mass is 269 g/mol. The van der Waals surface area contributed by atoms with Crippen molar-refractivity contribution in [1.29, 1.82) is 0 Å². The molecule has 2 N–H and O–H groups in total. The van der Waals surface area contributed by atoms with Gasteiger partial charge in [0, 0.05) is 25.2 Å². The van der Waals surface area contributed by atoms with Gasteiger partial charge in [0.15, 0.2) is 0 Å². The first-order chi connectivity index (χ1) is 8.95. The molecule has 1 aliphatic carbocycles. The van der Waals surface area contributed by atoms with Gasteiger partial charge in [-0.1, -0.05) is 6.92 Å². The minimum Gasteiger partial charge on any atom is -0.342 e. The van der Waals surface area contributed by atoms with E-state index in [-0.39, 0.29) is 11.9 Å². The third kappa shape index (κ3) is 5.11. The molecule has 0 radical (unpaired) electrons. The van der Waals surface area contributed by atoms with Crippen LogP contribution in [0.15, 0.2) is 0 Å². The van der Waals surface area contributed by atoms with E-state index < -0.39 is 0 Å². The van der Waals surface area contributed by atoms with Gasteiger partial charge in [-0.2, -0.15) is 0 Å². The van der Waals surface area contributed by atoms with E-state index in [1.807, 2.05) is 11.9 Å². The van der Waals surface area contributed by atoms with Gasteiger partial charge in [-0.25, -0.2) is 0 Å². The smallest absolute Gasteiger partial charge is 0.236 e. The molecule has 0 saturated heterocycles. The lowest BCUT2D eigenvalue weighted by molar-refractivity contribution is -0.133. The molecule has 1 rings (SSSR count). The van der Waals surface area contributed by atoms with Crippen LogP contribution in [0.4, 0.5) is 0 Å². The van der Waals surface area contributed by atoms with E-state index in [1.165, 1.54) is 0 Å². The maximum absolute atomic E-state index is 12.2. The molecule has 0 atom stereocenters. The van der Waals surface area contributed by atoms with Crippen LogP contribution in [0.3, 0.4) is 0 Å². The Morgan fingerprint density at radius 3 is 2.32 bits per heavy atom. The van der Waals surface area contributed by atoms with Gasteiger partial charge in [-0.3, -0.25) is 9.69 Å². The summed E-state index contributed by atoms with van der Waals surface area (Å²) in [4.78, 5) is 16.4. The molecule has 0 unspecified atom stereocenters. The van der Waals surface area contributed by atoms with Gasteiger partial charge in [0.1, 0.15) is 0 Å². The Bertz CT molecular complexity index is 273. The first-order valence-corrected chi connectivity index (χ1v) is 7.71. The zero-order valence-corrected chi connectivity index (χ0v) is 13.1. The maximum atomic E-state index is 12.2. The summed E-state index contributed by atoms with van der Waals surface area (Å²) in [5.41, 5.74) is 5.97. The number of amides is 1. The topological polar surface area (TPSA) is 49.6 Å². The number of nitrogens with two attached hydrogens (primary N) is 1. The molecule has 1 aliphatic rings. The normalized spacial score (nSPS) is 23.9. The summed E-state index contributed by atoms with van der Waals surface area (Å²) in [6.07, 6.45) is 5.57. The van der Waals surface area contributed by atoms with Gasteiger partial charge in [0.05, 0.1) is 6.54 Å². The predicted octanol–water partition coefficient (Wildman–Crippen LogP) is 1.84. The van der Waals surface area contributed by atoms with Crippen LogP contribution < -0.4 is 5.73 Å². The van der Waals surface area contributed by atoms with E-state index in [1.54, 1.807) is 0 Å². The SMILES string of the molecule is CCCN(CC(=O)N(C)C(C)C)C1CCC(N)CC1. The molecule has 4 nitrogen and oxygen atoms in total. The molecule has 1 saturated carbocycles. The summed E-state index contributed by atoms with van der Waals surface area (Å²) in [5.74, 6) is 0.235. The maximum Gasteiger partial charge on any atom is 0.236 e. The lowest BCUT2D eigenvalue weighted by atomic mass is 9.90. The van der Waals surface area contributed by atoms with Crippen molar-refractivity contribution < 1.29 is 4.79 Å². The molecule has 0 aromatic heterocycles. The zero-order chi connectivity index (χ0) is 14.4.